The van der Waals surface area contributed by atoms with Crippen molar-refractivity contribution >= 4 is 15.9 Å². The molecule has 2 rings (SSSR count). The van der Waals surface area contributed by atoms with Crippen LogP contribution in [0, 0.1) is 5.92 Å². The van der Waals surface area contributed by atoms with E-state index < -0.39 is 10.0 Å². The molecule has 0 aromatic rings. The van der Waals surface area contributed by atoms with E-state index in [1.54, 1.807) is 0 Å². The fourth-order valence-electron chi connectivity index (χ4n) is 3.30. The van der Waals surface area contributed by atoms with Gasteiger partial charge < -0.3 is 5.32 Å². The van der Waals surface area contributed by atoms with Crippen LogP contribution in [0.5, 0.6) is 0 Å². The Morgan fingerprint density at radius 3 is 2.55 bits per heavy atom. The molecule has 116 valence electrons. The monoisotopic (exact) mass is 302 g/mol. The Kier molecular flexibility index (Phi) is 5.43. The predicted molar refractivity (Wildman–Crippen MR) is 78.8 cm³/mol. The van der Waals surface area contributed by atoms with E-state index in [4.69, 9.17) is 0 Å². The third-order valence-corrected chi connectivity index (χ3v) is 5.74. The van der Waals surface area contributed by atoms with Crippen LogP contribution >= 0.6 is 0 Å². The lowest BCUT2D eigenvalue weighted by Crippen LogP contribution is -2.49. The van der Waals surface area contributed by atoms with Gasteiger partial charge in [-0.15, -0.1) is 0 Å². The lowest BCUT2D eigenvalue weighted by atomic mass is 10.0. The van der Waals surface area contributed by atoms with Crippen molar-refractivity contribution < 1.29 is 13.2 Å². The normalized spacial score (nSPS) is 25.8. The van der Waals surface area contributed by atoms with Crippen molar-refractivity contribution in [2.24, 2.45) is 5.92 Å². The molecule has 1 N–H and O–H groups in total. The first kappa shape index (κ1) is 15.8. The minimum atomic E-state index is -3.14. The number of piperidine rings is 1. The molecule has 20 heavy (non-hydrogen) atoms. The van der Waals surface area contributed by atoms with Crippen LogP contribution in [0.15, 0.2) is 0 Å². The van der Waals surface area contributed by atoms with E-state index in [2.05, 4.69) is 5.32 Å². The largest absolute Gasteiger partial charge is 0.352 e. The number of hydrogen-bond acceptors (Lipinski definition) is 3. The third kappa shape index (κ3) is 4.74. The van der Waals surface area contributed by atoms with E-state index in [1.165, 1.54) is 36.2 Å². The van der Waals surface area contributed by atoms with Gasteiger partial charge in [0.25, 0.3) is 0 Å². The molecule has 2 aliphatic rings. The number of amides is 1. The third-order valence-electron chi connectivity index (χ3n) is 4.47. The Morgan fingerprint density at radius 2 is 1.90 bits per heavy atom. The maximum atomic E-state index is 11.9. The highest BCUT2D eigenvalue weighted by Gasteiger charge is 2.26. The molecule has 1 unspecified atom stereocenters. The summed E-state index contributed by atoms with van der Waals surface area (Å²) in [6.07, 6.45) is 9.63. The number of nitrogens with zero attached hydrogens (tertiary/aromatic N) is 1. The summed E-state index contributed by atoms with van der Waals surface area (Å²) in [4.78, 5) is 11.9. The molecule has 1 aliphatic heterocycles. The quantitative estimate of drug-likeness (QED) is 0.837. The first-order chi connectivity index (χ1) is 9.45. The smallest absolute Gasteiger partial charge is 0.220 e. The van der Waals surface area contributed by atoms with Gasteiger partial charge in [0.1, 0.15) is 0 Å². The molecule has 1 atom stereocenters. The van der Waals surface area contributed by atoms with Gasteiger partial charge in [0.05, 0.1) is 6.26 Å². The van der Waals surface area contributed by atoms with Gasteiger partial charge in [0.15, 0.2) is 0 Å². The van der Waals surface area contributed by atoms with Crippen molar-refractivity contribution in [3.05, 3.63) is 0 Å². The fraction of sp³-hybridized carbons (Fsp3) is 0.929. The van der Waals surface area contributed by atoms with Crippen LogP contribution in [0.2, 0.25) is 0 Å². The van der Waals surface area contributed by atoms with Gasteiger partial charge in [-0.3, -0.25) is 4.79 Å². The molecular weight excluding hydrogens is 276 g/mol. The molecule has 0 spiro atoms. The number of sulfonamides is 1. The van der Waals surface area contributed by atoms with E-state index in [-0.39, 0.29) is 11.9 Å². The molecule has 5 nitrogen and oxygen atoms in total. The van der Waals surface area contributed by atoms with Gasteiger partial charge >= 0.3 is 0 Å². The topological polar surface area (TPSA) is 66.5 Å². The zero-order valence-corrected chi connectivity index (χ0v) is 13.1. The summed E-state index contributed by atoms with van der Waals surface area (Å²) in [5, 5.41) is 3.00. The van der Waals surface area contributed by atoms with Crippen LogP contribution in [0.25, 0.3) is 0 Å². The van der Waals surface area contributed by atoms with Crippen molar-refractivity contribution in [3.63, 3.8) is 0 Å². The molecule has 0 bridgehead atoms. The Labute approximate surface area is 122 Å². The van der Waals surface area contributed by atoms with Gasteiger partial charge in [-0.2, -0.15) is 0 Å². The molecule has 0 aromatic carbocycles. The molecule has 1 heterocycles. The molecule has 1 aliphatic carbocycles. The number of carbonyl (C=O) groups is 1. The molecule has 6 heteroatoms. The Hall–Kier alpha value is -0.620. The summed E-state index contributed by atoms with van der Waals surface area (Å²) in [6.45, 7) is 1.00. The van der Waals surface area contributed by atoms with Crippen LogP contribution in [0.4, 0.5) is 0 Å². The summed E-state index contributed by atoms with van der Waals surface area (Å²) in [5.41, 5.74) is 0. The van der Waals surface area contributed by atoms with Crippen molar-refractivity contribution in [1.29, 1.82) is 0 Å². The van der Waals surface area contributed by atoms with Crippen LogP contribution in [-0.2, 0) is 14.8 Å². The summed E-state index contributed by atoms with van der Waals surface area (Å²) < 4.78 is 24.5. The minimum absolute atomic E-state index is 0.0189. The Balaban J connectivity index is 1.73. The van der Waals surface area contributed by atoms with Gasteiger partial charge in [-0.1, -0.05) is 25.7 Å². The summed E-state index contributed by atoms with van der Waals surface area (Å²) in [6, 6.07) is -0.0189. The second-order valence-electron chi connectivity index (χ2n) is 6.22. The summed E-state index contributed by atoms with van der Waals surface area (Å²) in [7, 11) is -3.14. The van der Waals surface area contributed by atoms with Crippen LogP contribution in [-0.4, -0.2) is 44.0 Å². The number of carbonyl (C=O) groups excluding carboxylic acids is 1. The van der Waals surface area contributed by atoms with Gasteiger partial charge in [-0.25, -0.2) is 12.7 Å². The summed E-state index contributed by atoms with van der Waals surface area (Å²) in [5.74, 6) is 0.803. The zero-order valence-electron chi connectivity index (χ0n) is 12.3. The maximum absolute atomic E-state index is 11.9. The molecule has 1 saturated heterocycles. The average molecular weight is 302 g/mol. The van der Waals surface area contributed by atoms with Crippen molar-refractivity contribution in [2.75, 3.05) is 19.3 Å². The first-order valence-corrected chi connectivity index (χ1v) is 9.54. The second kappa shape index (κ2) is 6.89. The summed E-state index contributed by atoms with van der Waals surface area (Å²) >= 11 is 0. The van der Waals surface area contributed by atoms with Gasteiger partial charge in [-0.05, 0) is 25.2 Å². The van der Waals surface area contributed by atoms with E-state index >= 15 is 0 Å². The predicted octanol–water partition coefficient (Wildman–Crippen LogP) is 1.50. The zero-order chi connectivity index (χ0) is 14.6. The van der Waals surface area contributed by atoms with E-state index in [0.717, 1.165) is 25.2 Å². The van der Waals surface area contributed by atoms with Gasteiger partial charge in [0.2, 0.25) is 15.9 Å². The highest BCUT2D eigenvalue weighted by atomic mass is 32.2. The van der Waals surface area contributed by atoms with Gasteiger partial charge in [0, 0.05) is 25.6 Å². The van der Waals surface area contributed by atoms with E-state index in [0.29, 0.717) is 19.5 Å². The van der Waals surface area contributed by atoms with Crippen LogP contribution in [0.1, 0.15) is 51.4 Å². The molecule has 1 saturated carbocycles. The lowest BCUT2D eigenvalue weighted by Gasteiger charge is -2.31. The van der Waals surface area contributed by atoms with Crippen molar-refractivity contribution in [2.45, 2.75) is 57.4 Å². The highest BCUT2D eigenvalue weighted by molar-refractivity contribution is 7.88. The molecule has 1 amide bonds. The Bertz CT molecular complexity index is 430. The molecule has 2 fully saturated rings. The number of nitrogens with one attached hydrogen (secondary N) is 1. The molecule has 0 radical (unpaired) electrons. The fourth-order valence-corrected chi connectivity index (χ4v) is 4.21. The molecular formula is C14H26N2O3S. The van der Waals surface area contributed by atoms with E-state index in [9.17, 15) is 13.2 Å². The minimum Gasteiger partial charge on any atom is -0.352 e. The second-order valence-corrected chi connectivity index (χ2v) is 8.20. The Morgan fingerprint density at radius 1 is 1.20 bits per heavy atom. The first-order valence-electron chi connectivity index (χ1n) is 7.69. The standard InChI is InChI=1S/C14H26N2O3S/c1-20(18,19)16-10-4-7-13(11-16)15-14(17)9-8-12-5-2-3-6-12/h12-13H,2-11H2,1H3,(H,15,17). The highest BCUT2D eigenvalue weighted by Crippen LogP contribution is 2.28. The molecule has 0 aromatic heterocycles. The average Bonchev–Trinajstić information content (AvgIpc) is 2.89. The SMILES string of the molecule is CS(=O)(=O)N1CCCC(NC(=O)CCC2CCCC2)C1. The van der Waals surface area contributed by atoms with Crippen molar-refractivity contribution in [3.8, 4) is 0 Å². The number of rotatable bonds is 5. The van der Waals surface area contributed by atoms with E-state index in [1.807, 2.05) is 0 Å². The van der Waals surface area contributed by atoms with Crippen molar-refractivity contribution in [1.82, 2.24) is 9.62 Å². The maximum Gasteiger partial charge on any atom is 0.220 e. The lowest BCUT2D eigenvalue weighted by molar-refractivity contribution is -0.122. The van der Waals surface area contributed by atoms with Crippen LogP contribution < -0.4 is 5.32 Å². The van der Waals surface area contributed by atoms with Crippen LogP contribution in [0.3, 0.4) is 0 Å². The number of hydrogen-bond donors (Lipinski definition) is 1.